The molecule has 0 radical (unpaired) electrons. The summed E-state index contributed by atoms with van der Waals surface area (Å²) in [5, 5.41) is 1.22. The summed E-state index contributed by atoms with van der Waals surface area (Å²) in [6.45, 7) is 6.70. The molecule has 9 aromatic rings. The van der Waals surface area contributed by atoms with Gasteiger partial charge in [0, 0.05) is 51.7 Å². The van der Waals surface area contributed by atoms with Crippen LogP contribution in [0.1, 0.15) is 26.3 Å². The maximum atomic E-state index is 6.65. The van der Waals surface area contributed by atoms with Crippen LogP contribution in [0.4, 0.5) is 51.4 Å². The Bertz CT molecular complexity index is 2890. The van der Waals surface area contributed by atoms with E-state index in [0.717, 1.165) is 62.5 Å². The first-order chi connectivity index (χ1) is 28.4. The second-order valence-corrected chi connectivity index (χ2v) is 16.3. The van der Waals surface area contributed by atoms with E-state index in [0.29, 0.717) is 0 Å². The summed E-state index contributed by atoms with van der Waals surface area (Å²) in [5.74, 6) is 0.841. The van der Waals surface area contributed by atoms with Crippen molar-refractivity contribution in [1.82, 2.24) is 4.57 Å². The van der Waals surface area contributed by atoms with E-state index in [1.807, 2.05) is 6.26 Å². The molecule has 6 heteroatoms. The van der Waals surface area contributed by atoms with Crippen molar-refractivity contribution in [2.45, 2.75) is 26.2 Å². The third kappa shape index (κ3) is 5.32. The Morgan fingerprint density at radius 2 is 1.07 bits per heavy atom. The van der Waals surface area contributed by atoms with Gasteiger partial charge in [0.2, 0.25) is 0 Å². The van der Waals surface area contributed by atoms with Gasteiger partial charge in [-0.1, -0.05) is 106 Å². The summed E-state index contributed by atoms with van der Waals surface area (Å²) in [7, 11) is 0. The molecule has 0 saturated heterocycles. The van der Waals surface area contributed by atoms with Gasteiger partial charge in [-0.2, -0.15) is 0 Å². The highest BCUT2D eigenvalue weighted by Crippen LogP contribution is 2.49. The number of fused-ring (bicyclic) bond motifs is 6. The van der Waals surface area contributed by atoms with Crippen molar-refractivity contribution in [2.24, 2.45) is 0 Å². The first-order valence-electron chi connectivity index (χ1n) is 20.0. The van der Waals surface area contributed by atoms with E-state index < -0.39 is 0 Å². The zero-order chi connectivity index (χ0) is 39.0. The van der Waals surface area contributed by atoms with Gasteiger partial charge in [0.25, 0.3) is 6.71 Å². The van der Waals surface area contributed by atoms with Crippen LogP contribution < -0.4 is 31.1 Å². The molecule has 2 aliphatic heterocycles. The largest absolute Gasteiger partial charge is 0.449 e. The van der Waals surface area contributed by atoms with Crippen LogP contribution in [0.2, 0.25) is 0 Å². The highest BCUT2D eigenvalue weighted by molar-refractivity contribution is 7.01. The SMILES string of the molecule is CC(C)(C)c1ccc(N2c3cc(N(c4ccccc4)c4ccccc4)cc4c3B(c3ccoc32)c2c(ccc3c2ccn3-c2ccccc2)N4c2ccccc2)cc1. The van der Waals surface area contributed by atoms with Gasteiger partial charge < -0.3 is 18.8 Å². The van der Waals surface area contributed by atoms with Gasteiger partial charge in [-0.05, 0) is 130 Å². The zero-order valence-corrected chi connectivity index (χ0v) is 32.7. The number of furan rings is 1. The lowest BCUT2D eigenvalue weighted by Gasteiger charge is -2.43. The number of nitrogens with zero attached hydrogens (tertiary/aromatic N) is 4. The van der Waals surface area contributed by atoms with Gasteiger partial charge in [0.1, 0.15) is 0 Å². The third-order valence-electron chi connectivity index (χ3n) is 11.8. The minimum atomic E-state index is -0.0925. The molecule has 58 heavy (non-hydrogen) atoms. The van der Waals surface area contributed by atoms with Crippen LogP contribution in [0.3, 0.4) is 0 Å². The predicted molar refractivity (Wildman–Crippen MR) is 243 cm³/mol. The van der Waals surface area contributed by atoms with Crippen molar-refractivity contribution in [2.75, 3.05) is 14.7 Å². The Hall–Kier alpha value is -7.18. The second-order valence-electron chi connectivity index (χ2n) is 16.3. The Morgan fingerprint density at radius 3 is 1.69 bits per heavy atom. The molecule has 0 fully saturated rings. The molecule has 7 aromatic carbocycles. The number of anilines is 9. The molecule has 0 N–H and O–H groups in total. The maximum absolute atomic E-state index is 6.65. The van der Waals surface area contributed by atoms with Crippen molar-refractivity contribution >= 4 is 85.4 Å². The first-order valence-corrected chi connectivity index (χ1v) is 20.0. The smallest absolute Gasteiger partial charge is 0.257 e. The van der Waals surface area contributed by atoms with Crippen molar-refractivity contribution in [3.05, 3.63) is 200 Å². The Labute approximate surface area is 339 Å². The number of aromatic nitrogens is 1. The van der Waals surface area contributed by atoms with Crippen LogP contribution in [-0.4, -0.2) is 11.3 Å². The number of hydrogen-bond donors (Lipinski definition) is 0. The Balaban J connectivity index is 1.24. The fourth-order valence-corrected chi connectivity index (χ4v) is 9.17. The maximum Gasteiger partial charge on any atom is 0.257 e. The molecule has 2 aliphatic rings. The molecule has 0 spiro atoms. The summed E-state index contributed by atoms with van der Waals surface area (Å²) in [6.07, 6.45) is 4.08. The van der Waals surface area contributed by atoms with E-state index in [4.69, 9.17) is 4.42 Å². The summed E-state index contributed by atoms with van der Waals surface area (Å²) >= 11 is 0. The summed E-state index contributed by atoms with van der Waals surface area (Å²) < 4.78 is 8.96. The van der Waals surface area contributed by atoms with E-state index >= 15 is 0 Å². The summed E-state index contributed by atoms with van der Waals surface area (Å²) in [5.41, 5.74) is 16.0. The lowest BCUT2D eigenvalue weighted by atomic mass is 9.33. The van der Waals surface area contributed by atoms with Crippen LogP contribution in [0, 0.1) is 0 Å². The lowest BCUT2D eigenvalue weighted by Crippen LogP contribution is -2.61. The van der Waals surface area contributed by atoms with E-state index in [9.17, 15) is 0 Å². The van der Waals surface area contributed by atoms with E-state index in [1.165, 1.54) is 27.4 Å². The fraction of sp³-hybridized carbons (Fsp3) is 0.0769. The number of hydrogen-bond acceptors (Lipinski definition) is 4. The molecule has 0 aliphatic carbocycles. The first kappa shape index (κ1) is 34.1. The standard InChI is InChI=1S/C52H41BN4O/c1-52(2,3)36-24-26-41(27-25-36)57-48-35-42(55(38-18-10-5-11-19-38)39-20-12-6-13-21-39)34-47-50(48)53(44-31-33-58-51(44)57)49-43-30-32-54(37-16-8-4-9-17-37)45(43)28-29-46(49)56(47)40-22-14-7-15-23-40/h4-35H,1-3H3. The van der Waals surface area contributed by atoms with Crippen molar-refractivity contribution in [3.63, 3.8) is 0 Å². The molecule has 0 atom stereocenters. The molecule has 0 bridgehead atoms. The minimum Gasteiger partial charge on any atom is -0.449 e. The topological polar surface area (TPSA) is 27.8 Å². The molecular weight excluding hydrogens is 707 g/mol. The Kier molecular flexibility index (Phi) is 7.77. The van der Waals surface area contributed by atoms with Gasteiger partial charge in [-0.15, -0.1) is 0 Å². The summed E-state index contributed by atoms with van der Waals surface area (Å²) in [6, 6.07) is 65.7. The molecule has 11 rings (SSSR count). The third-order valence-corrected chi connectivity index (χ3v) is 11.8. The van der Waals surface area contributed by atoms with E-state index in [-0.39, 0.29) is 12.1 Å². The van der Waals surface area contributed by atoms with Crippen molar-refractivity contribution in [3.8, 4) is 5.69 Å². The van der Waals surface area contributed by atoms with E-state index in [2.05, 4.69) is 228 Å². The van der Waals surface area contributed by atoms with Crippen molar-refractivity contribution in [1.29, 1.82) is 0 Å². The Morgan fingerprint density at radius 1 is 0.500 bits per heavy atom. The normalized spacial score (nSPS) is 13.0. The molecular formula is C52H41BN4O. The van der Waals surface area contributed by atoms with Crippen LogP contribution in [0.25, 0.3) is 16.6 Å². The molecule has 4 heterocycles. The average Bonchev–Trinajstić information content (AvgIpc) is 3.93. The lowest BCUT2D eigenvalue weighted by molar-refractivity contribution is 0.575. The van der Waals surface area contributed by atoms with Gasteiger partial charge >= 0.3 is 0 Å². The minimum absolute atomic E-state index is 0.0216. The van der Waals surface area contributed by atoms with Crippen LogP contribution in [0.5, 0.6) is 0 Å². The van der Waals surface area contributed by atoms with E-state index in [1.54, 1.807) is 0 Å². The number of para-hydroxylation sites is 4. The zero-order valence-electron chi connectivity index (χ0n) is 32.7. The van der Waals surface area contributed by atoms with Crippen LogP contribution in [0.15, 0.2) is 199 Å². The molecule has 0 unspecified atom stereocenters. The number of rotatable bonds is 6. The highest BCUT2D eigenvalue weighted by atomic mass is 16.3. The molecule has 5 nitrogen and oxygen atoms in total. The van der Waals surface area contributed by atoms with Gasteiger partial charge in [0.05, 0.1) is 17.5 Å². The second kappa shape index (κ2) is 13.2. The van der Waals surface area contributed by atoms with Crippen molar-refractivity contribution < 1.29 is 4.42 Å². The van der Waals surface area contributed by atoms with Gasteiger partial charge in [-0.3, -0.25) is 4.90 Å². The quantitative estimate of drug-likeness (QED) is 0.158. The molecule has 2 aromatic heterocycles. The van der Waals surface area contributed by atoms with Gasteiger partial charge in [-0.25, -0.2) is 0 Å². The van der Waals surface area contributed by atoms with Crippen LogP contribution >= 0.6 is 0 Å². The van der Waals surface area contributed by atoms with Crippen LogP contribution in [-0.2, 0) is 5.41 Å². The number of benzene rings is 7. The average molecular weight is 749 g/mol. The highest BCUT2D eigenvalue weighted by Gasteiger charge is 2.46. The molecule has 0 amide bonds. The fourth-order valence-electron chi connectivity index (χ4n) is 9.17. The monoisotopic (exact) mass is 748 g/mol. The molecule has 278 valence electrons. The van der Waals surface area contributed by atoms with Gasteiger partial charge in [0.15, 0.2) is 5.88 Å². The predicted octanol–water partition coefficient (Wildman–Crippen LogP) is 12.1. The summed E-state index contributed by atoms with van der Waals surface area (Å²) in [4.78, 5) is 7.19. The molecule has 0 saturated carbocycles.